The number of carbonyl (C=O) groups excluding carboxylic acids is 1. The number of carbonyl (C=O) groups is 1. The zero-order chi connectivity index (χ0) is 17.6. The quantitative estimate of drug-likeness (QED) is 0.910. The molecule has 1 aromatic carbocycles. The van der Waals surface area contributed by atoms with Gasteiger partial charge >= 0.3 is 0 Å². The van der Waals surface area contributed by atoms with Crippen molar-refractivity contribution in [3.63, 3.8) is 0 Å². The predicted octanol–water partition coefficient (Wildman–Crippen LogP) is 2.45. The van der Waals surface area contributed by atoms with E-state index in [1.54, 1.807) is 0 Å². The Bertz CT molecular complexity index is 689. The highest BCUT2D eigenvalue weighted by Gasteiger charge is 2.19. The largest absolute Gasteiger partial charge is 0.325 e. The van der Waals surface area contributed by atoms with Crippen LogP contribution in [0.4, 0.5) is 5.69 Å². The van der Waals surface area contributed by atoms with Crippen molar-refractivity contribution in [1.82, 2.24) is 14.8 Å². The lowest BCUT2D eigenvalue weighted by Crippen LogP contribution is -2.48. The molecule has 132 valence electrons. The number of amides is 1. The van der Waals surface area contributed by atoms with Crippen LogP contribution < -0.4 is 5.32 Å². The Morgan fingerprint density at radius 1 is 1.00 bits per heavy atom. The van der Waals surface area contributed by atoms with Crippen LogP contribution in [-0.4, -0.2) is 53.4 Å². The molecule has 0 aliphatic carbocycles. The van der Waals surface area contributed by atoms with Crippen molar-refractivity contribution in [2.75, 3.05) is 38.0 Å². The molecule has 1 amide bonds. The van der Waals surface area contributed by atoms with Crippen LogP contribution >= 0.6 is 0 Å². The van der Waals surface area contributed by atoms with Crippen molar-refractivity contribution in [2.24, 2.45) is 0 Å². The third-order valence-corrected chi connectivity index (χ3v) is 4.49. The average molecular weight is 338 g/mol. The second-order valence-electron chi connectivity index (χ2n) is 6.83. The summed E-state index contributed by atoms with van der Waals surface area (Å²) in [5.74, 6) is 0.0626. The van der Waals surface area contributed by atoms with Crippen LogP contribution in [0.25, 0.3) is 0 Å². The molecule has 1 saturated heterocycles. The summed E-state index contributed by atoms with van der Waals surface area (Å²) in [6.45, 7) is 9.31. The Morgan fingerprint density at radius 2 is 1.60 bits per heavy atom. The van der Waals surface area contributed by atoms with Crippen LogP contribution in [0.1, 0.15) is 16.7 Å². The van der Waals surface area contributed by atoms with E-state index in [4.69, 9.17) is 0 Å². The molecule has 0 saturated carbocycles. The molecule has 5 nitrogen and oxygen atoms in total. The van der Waals surface area contributed by atoms with Crippen molar-refractivity contribution in [1.29, 1.82) is 0 Å². The number of hydrogen-bond acceptors (Lipinski definition) is 4. The van der Waals surface area contributed by atoms with Gasteiger partial charge in [-0.1, -0.05) is 6.07 Å². The van der Waals surface area contributed by atoms with E-state index in [0.717, 1.165) is 38.4 Å². The third kappa shape index (κ3) is 5.37. The van der Waals surface area contributed by atoms with Gasteiger partial charge in [0.2, 0.25) is 5.91 Å². The minimum absolute atomic E-state index is 0.0626. The first-order valence-corrected chi connectivity index (χ1v) is 8.80. The van der Waals surface area contributed by atoms with Gasteiger partial charge in [0.05, 0.1) is 6.54 Å². The summed E-state index contributed by atoms with van der Waals surface area (Å²) in [6.07, 6.45) is 3.67. The van der Waals surface area contributed by atoms with Crippen LogP contribution in [-0.2, 0) is 11.3 Å². The monoisotopic (exact) mass is 338 g/mol. The fraction of sp³-hybridized carbons (Fsp3) is 0.400. The summed E-state index contributed by atoms with van der Waals surface area (Å²) in [6, 6.07) is 10.3. The molecular formula is C20H26N4O. The third-order valence-electron chi connectivity index (χ3n) is 4.49. The Morgan fingerprint density at radius 3 is 2.24 bits per heavy atom. The molecule has 1 N–H and O–H groups in total. The maximum atomic E-state index is 12.3. The van der Waals surface area contributed by atoms with Crippen LogP contribution in [0.3, 0.4) is 0 Å². The summed E-state index contributed by atoms with van der Waals surface area (Å²) in [4.78, 5) is 21.0. The molecule has 1 aliphatic rings. The second kappa shape index (κ2) is 8.23. The fourth-order valence-corrected chi connectivity index (χ4v) is 3.30. The van der Waals surface area contributed by atoms with Gasteiger partial charge in [-0.3, -0.25) is 19.6 Å². The molecule has 5 heteroatoms. The minimum Gasteiger partial charge on any atom is -0.325 e. The molecule has 1 aliphatic heterocycles. The molecular weight excluding hydrogens is 312 g/mol. The SMILES string of the molecule is Cc1cc(C)cc(NC(=O)CN2CCN(Cc3ccncc3)CC2)c1. The van der Waals surface area contributed by atoms with Gasteiger partial charge in [0.25, 0.3) is 0 Å². The molecule has 1 fully saturated rings. The lowest BCUT2D eigenvalue weighted by atomic mass is 10.1. The van der Waals surface area contributed by atoms with Gasteiger partial charge < -0.3 is 5.32 Å². The van der Waals surface area contributed by atoms with Crippen LogP contribution in [0.2, 0.25) is 0 Å². The number of benzene rings is 1. The van der Waals surface area contributed by atoms with E-state index in [1.165, 1.54) is 16.7 Å². The van der Waals surface area contributed by atoms with E-state index in [0.29, 0.717) is 6.54 Å². The molecule has 0 unspecified atom stereocenters. The van der Waals surface area contributed by atoms with Crippen LogP contribution in [0.5, 0.6) is 0 Å². The number of piperazine rings is 1. The first kappa shape index (κ1) is 17.6. The van der Waals surface area contributed by atoms with Crippen LogP contribution in [0.15, 0.2) is 42.7 Å². The van der Waals surface area contributed by atoms with Gasteiger partial charge in [-0.05, 0) is 54.8 Å². The van der Waals surface area contributed by atoms with Crippen molar-refractivity contribution < 1.29 is 4.79 Å². The first-order chi connectivity index (χ1) is 12.1. The molecule has 0 bridgehead atoms. The van der Waals surface area contributed by atoms with E-state index < -0.39 is 0 Å². The summed E-state index contributed by atoms with van der Waals surface area (Å²) in [7, 11) is 0. The second-order valence-corrected chi connectivity index (χ2v) is 6.83. The van der Waals surface area contributed by atoms with Gasteiger partial charge in [-0.15, -0.1) is 0 Å². The van der Waals surface area contributed by atoms with E-state index in [9.17, 15) is 4.79 Å². The molecule has 3 rings (SSSR count). The molecule has 2 heterocycles. The van der Waals surface area contributed by atoms with Gasteiger partial charge in [0, 0.05) is 50.8 Å². The number of anilines is 1. The molecule has 0 spiro atoms. The normalized spacial score (nSPS) is 15.9. The van der Waals surface area contributed by atoms with E-state index in [1.807, 2.05) is 38.4 Å². The fourth-order valence-electron chi connectivity index (χ4n) is 3.30. The lowest BCUT2D eigenvalue weighted by molar-refractivity contribution is -0.117. The smallest absolute Gasteiger partial charge is 0.238 e. The van der Waals surface area contributed by atoms with Gasteiger partial charge in [0.1, 0.15) is 0 Å². The number of aryl methyl sites for hydroxylation is 2. The van der Waals surface area contributed by atoms with E-state index >= 15 is 0 Å². The number of aromatic nitrogens is 1. The standard InChI is InChI=1S/C20H26N4O/c1-16-11-17(2)13-19(12-16)22-20(25)15-24-9-7-23(8-10-24)14-18-3-5-21-6-4-18/h3-6,11-13H,7-10,14-15H2,1-2H3,(H,22,25). The average Bonchev–Trinajstić information content (AvgIpc) is 2.56. The number of pyridine rings is 1. The predicted molar refractivity (Wildman–Crippen MR) is 100 cm³/mol. The van der Waals surface area contributed by atoms with Crippen molar-refractivity contribution in [3.8, 4) is 0 Å². The van der Waals surface area contributed by atoms with Crippen LogP contribution in [0, 0.1) is 13.8 Å². The van der Waals surface area contributed by atoms with Crippen molar-refractivity contribution >= 4 is 11.6 Å². The Hall–Kier alpha value is -2.24. The van der Waals surface area contributed by atoms with E-state index in [2.05, 4.69) is 38.3 Å². The molecule has 0 radical (unpaired) electrons. The Kier molecular flexibility index (Phi) is 5.79. The van der Waals surface area contributed by atoms with Crippen molar-refractivity contribution in [2.45, 2.75) is 20.4 Å². The highest BCUT2D eigenvalue weighted by molar-refractivity contribution is 5.92. The molecule has 1 aromatic heterocycles. The summed E-state index contributed by atoms with van der Waals surface area (Å²) in [5.41, 5.74) is 4.51. The summed E-state index contributed by atoms with van der Waals surface area (Å²) in [5, 5.41) is 3.02. The Balaban J connectivity index is 1.44. The van der Waals surface area contributed by atoms with Crippen molar-refractivity contribution in [3.05, 3.63) is 59.4 Å². The number of rotatable bonds is 5. The highest BCUT2D eigenvalue weighted by Crippen LogP contribution is 2.14. The first-order valence-electron chi connectivity index (χ1n) is 8.80. The lowest BCUT2D eigenvalue weighted by Gasteiger charge is -2.34. The molecule has 0 atom stereocenters. The zero-order valence-corrected chi connectivity index (χ0v) is 15.0. The zero-order valence-electron chi connectivity index (χ0n) is 15.0. The summed E-state index contributed by atoms with van der Waals surface area (Å²) >= 11 is 0. The number of hydrogen-bond donors (Lipinski definition) is 1. The number of nitrogens with one attached hydrogen (secondary N) is 1. The molecule has 25 heavy (non-hydrogen) atoms. The summed E-state index contributed by atoms with van der Waals surface area (Å²) < 4.78 is 0. The van der Waals surface area contributed by atoms with E-state index in [-0.39, 0.29) is 5.91 Å². The maximum Gasteiger partial charge on any atom is 0.238 e. The van der Waals surface area contributed by atoms with Gasteiger partial charge in [-0.2, -0.15) is 0 Å². The maximum absolute atomic E-state index is 12.3. The topological polar surface area (TPSA) is 48.5 Å². The van der Waals surface area contributed by atoms with Gasteiger partial charge in [0.15, 0.2) is 0 Å². The Labute approximate surface area is 149 Å². The number of nitrogens with zero attached hydrogens (tertiary/aromatic N) is 3. The van der Waals surface area contributed by atoms with Gasteiger partial charge in [-0.25, -0.2) is 0 Å². The highest BCUT2D eigenvalue weighted by atomic mass is 16.2. The minimum atomic E-state index is 0.0626. The molecule has 2 aromatic rings.